The van der Waals surface area contributed by atoms with E-state index in [9.17, 15) is 4.79 Å². The monoisotopic (exact) mass is 405 g/mol. The Bertz CT molecular complexity index is 823. The second-order valence-corrected chi connectivity index (χ2v) is 6.62. The first-order valence-electron chi connectivity index (χ1n) is 7.92. The smallest absolute Gasteiger partial charge is 0.231 e. The Balaban J connectivity index is 1.31. The van der Waals surface area contributed by atoms with Crippen molar-refractivity contribution in [1.82, 2.24) is 5.32 Å². The van der Waals surface area contributed by atoms with Crippen LogP contribution in [0.2, 0.25) is 0 Å². The van der Waals surface area contributed by atoms with Crippen LogP contribution in [0.15, 0.2) is 34.8 Å². The zero-order chi connectivity index (χ0) is 17.2. The Hall–Kier alpha value is -2.41. The molecule has 0 saturated carbocycles. The van der Waals surface area contributed by atoms with Gasteiger partial charge in [-0.2, -0.15) is 0 Å². The summed E-state index contributed by atoms with van der Waals surface area (Å²) in [6.07, 6.45) is 1.00. The van der Waals surface area contributed by atoms with Gasteiger partial charge in [0.05, 0.1) is 6.42 Å². The van der Waals surface area contributed by atoms with Crippen LogP contribution in [0.3, 0.4) is 0 Å². The summed E-state index contributed by atoms with van der Waals surface area (Å²) in [6.45, 7) is 1.04. The zero-order valence-corrected chi connectivity index (χ0v) is 14.9. The van der Waals surface area contributed by atoms with Crippen LogP contribution in [0.4, 0.5) is 0 Å². The van der Waals surface area contributed by atoms with Gasteiger partial charge in [0, 0.05) is 11.0 Å². The SMILES string of the molecule is O=C(Cc1cc2c(cc1Br)OCO2)NCCc1ccc2c(c1)OCO2. The number of nitrogens with one attached hydrogen (secondary N) is 1. The van der Waals surface area contributed by atoms with E-state index in [0.29, 0.717) is 18.0 Å². The topological polar surface area (TPSA) is 66.0 Å². The molecule has 0 saturated heterocycles. The fraction of sp³-hybridized carbons (Fsp3) is 0.278. The summed E-state index contributed by atoms with van der Waals surface area (Å²) in [6, 6.07) is 9.49. The Morgan fingerprint density at radius 3 is 2.44 bits per heavy atom. The molecule has 0 unspecified atom stereocenters. The molecule has 2 aromatic rings. The van der Waals surface area contributed by atoms with Crippen molar-refractivity contribution in [2.75, 3.05) is 20.1 Å². The van der Waals surface area contributed by atoms with Crippen molar-refractivity contribution < 1.29 is 23.7 Å². The third-order valence-electron chi connectivity index (χ3n) is 4.07. The van der Waals surface area contributed by atoms with E-state index in [1.54, 1.807) is 0 Å². The van der Waals surface area contributed by atoms with Crippen LogP contribution in [0.25, 0.3) is 0 Å². The minimum Gasteiger partial charge on any atom is -0.454 e. The number of hydrogen-bond donors (Lipinski definition) is 1. The van der Waals surface area contributed by atoms with Crippen molar-refractivity contribution in [2.24, 2.45) is 0 Å². The van der Waals surface area contributed by atoms with Gasteiger partial charge in [0.2, 0.25) is 19.5 Å². The van der Waals surface area contributed by atoms with Crippen LogP contribution < -0.4 is 24.3 Å². The molecule has 0 atom stereocenters. The molecule has 0 radical (unpaired) electrons. The van der Waals surface area contributed by atoms with E-state index in [1.165, 1.54) is 0 Å². The number of hydrogen-bond acceptors (Lipinski definition) is 5. The van der Waals surface area contributed by atoms with Crippen LogP contribution in [0.1, 0.15) is 11.1 Å². The minimum atomic E-state index is -0.0414. The van der Waals surface area contributed by atoms with Crippen molar-refractivity contribution in [3.63, 3.8) is 0 Å². The second kappa shape index (κ2) is 6.84. The molecule has 0 fully saturated rings. The number of halogens is 1. The first-order valence-corrected chi connectivity index (χ1v) is 8.71. The van der Waals surface area contributed by atoms with E-state index in [0.717, 1.165) is 33.5 Å². The van der Waals surface area contributed by atoms with Gasteiger partial charge in [0.15, 0.2) is 23.0 Å². The molecular weight excluding hydrogens is 390 g/mol. The van der Waals surface area contributed by atoms with Crippen molar-refractivity contribution in [3.8, 4) is 23.0 Å². The average Bonchev–Trinajstić information content (AvgIpc) is 3.23. The molecule has 2 aliphatic rings. The molecule has 4 rings (SSSR count). The molecule has 7 heteroatoms. The van der Waals surface area contributed by atoms with Crippen LogP contribution >= 0.6 is 15.9 Å². The molecule has 0 aliphatic carbocycles. The number of ether oxygens (including phenoxy) is 4. The fourth-order valence-electron chi connectivity index (χ4n) is 2.77. The number of carbonyl (C=O) groups is 1. The lowest BCUT2D eigenvalue weighted by Gasteiger charge is -2.08. The maximum Gasteiger partial charge on any atom is 0.231 e. The lowest BCUT2D eigenvalue weighted by molar-refractivity contribution is -0.120. The third kappa shape index (κ3) is 3.51. The summed E-state index contributed by atoms with van der Waals surface area (Å²) in [5, 5.41) is 2.94. The molecule has 2 aliphatic heterocycles. The Labute approximate surface area is 153 Å². The van der Waals surface area contributed by atoms with Crippen molar-refractivity contribution >= 4 is 21.8 Å². The summed E-state index contributed by atoms with van der Waals surface area (Å²) in [5.41, 5.74) is 1.96. The summed E-state index contributed by atoms with van der Waals surface area (Å²) >= 11 is 3.47. The van der Waals surface area contributed by atoms with E-state index in [1.807, 2.05) is 30.3 Å². The maximum atomic E-state index is 12.2. The standard InChI is InChI=1S/C18H16BrNO5/c19-13-8-17-16(24-10-25-17)6-12(13)7-18(21)20-4-3-11-1-2-14-15(5-11)23-9-22-14/h1-2,5-6,8H,3-4,7,9-10H2,(H,20,21). The quantitative estimate of drug-likeness (QED) is 0.828. The summed E-state index contributed by atoms with van der Waals surface area (Å²) in [4.78, 5) is 12.2. The number of carbonyl (C=O) groups excluding carboxylic acids is 1. The van der Waals surface area contributed by atoms with Gasteiger partial charge in [-0.25, -0.2) is 0 Å². The Morgan fingerprint density at radius 2 is 1.64 bits per heavy atom. The van der Waals surface area contributed by atoms with Gasteiger partial charge in [-0.15, -0.1) is 0 Å². The Kier molecular flexibility index (Phi) is 4.40. The number of benzene rings is 2. The second-order valence-electron chi connectivity index (χ2n) is 5.76. The van der Waals surface area contributed by atoms with Gasteiger partial charge < -0.3 is 24.3 Å². The van der Waals surface area contributed by atoms with Gasteiger partial charge in [-0.3, -0.25) is 4.79 Å². The first-order chi connectivity index (χ1) is 12.2. The third-order valence-corrected chi connectivity index (χ3v) is 4.80. The first kappa shape index (κ1) is 16.1. The summed E-state index contributed by atoms with van der Waals surface area (Å²) < 4.78 is 22.2. The van der Waals surface area contributed by atoms with E-state index in [2.05, 4.69) is 21.2 Å². The van der Waals surface area contributed by atoms with Gasteiger partial charge in [0.1, 0.15) is 0 Å². The largest absolute Gasteiger partial charge is 0.454 e. The lowest BCUT2D eigenvalue weighted by Crippen LogP contribution is -2.27. The predicted molar refractivity (Wildman–Crippen MR) is 93.2 cm³/mol. The van der Waals surface area contributed by atoms with E-state index in [4.69, 9.17) is 18.9 Å². The van der Waals surface area contributed by atoms with Crippen molar-refractivity contribution in [3.05, 3.63) is 45.9 Å². The van der Waals surface area contributed by atoms with Crippen LogP contribution in [0, 0.1) is 0 Å². The molecule has 0 spiro atoms. The highest BCUT2D eigenvalue weighted by Crippen LogP contribution is 2.37. The van der Waals surface area contributed by atoms with E-state index < -0.39 is 0 Å². The highest BCUT2D eigenvalue weighted by atomic mass is 79.9. The maximum absolute atomic E-state index is 12.2. The summed E-state index contributed by atoms with van der Waals surface area (Å²) in [7, 11) is 0. The number of rotatable bonds is 5. The molecule has 2 aromatic carbocycles. The van der Waals surface area contributed by atoms with Crippen LogP contribution in [-0.4, -0.2) is 26.0 Å². The molecule has 130 valence electrons. The predicted octanol–water partition coefficient (Wildman–Crippen LogP) is 2.81. The molecular formula is C18H16BrNO5. The normalized spacial score (nSPS) is 13.8. The molecule has 1 N–H and O–H groups in total. The van der Waals surface area contributed by atoms with Gasteiger partial charge in [-0.05, 0) is 41.8 Å². The minimum absolute atomic E-state index is 0.0414. The zero-order valence-electron chi connectivity index (χ0n) is 13.3. The van der Waals surface area contributed by atoms with Crippen LogP contribution in [0.5, 0.6) is 23.0 Å². The van der Waals surface area contributed by atoms with Crippen molar-refractivity contribution in [1.29, 1.82) is 0 Å². The molecule has 0 aromatic heterocycles. The molecule has 6 nitrogen and oxygen atoms in total. The highest BCUT2D eigenvalue weighted by Gasteiger charge is 2.18. The average molecular weight is 406 g/mol. The molecule has 25 heavy (non-hydrogen) atoms. The number of fused-ring (bicyclic) bond motifs is 2. The number of amides is 1. The van der Waals surface area contributed by atoms with Gasteiger partial charge in [-0.1, -0.05) is 22.0 Å². The lowest BCUT2D eigenvalue weighted by atomic mass is 10.1. The summed E-state index contributed by atoms with van der Waals surface area (Å²) in [5.74, 6) is 2.85. The van der Waals surface area contributed by atoms with E-state index >= 15 is 0 Å². The molecule has 0 bridgehead atoms. The highest BCUT2D eigenvalue weighted by molar-refractivity contribution is 9.10. The van der Waals surface area contributed by atoms with Gasteiger partial charge >= 0.3 is 0 Å². The van der Waals surface area contributed by atoms with E-state index in [-0.39, 0.29) is 25.9 Å². The van der Waals surface area contributed by atoms with Crippen LogP contribution in [-0.2, 0) is 17.6 Å². The Morgan fingerprint density at radius 1 is 0.960 bits per heavy atom. The van der Waals surface area contributed by atoms with Crippen molar-refractivity contribution in [2.45, 2.75) is 12.8 Å². The van der Waals surface area contributed by atoms with Gasteiger partial charge in [0.25, 0.3) is 0 Å². The fourth-order valence-corrected chi connectivity index (χ4v) is 3.24. The molecule has 2 heterocycles. The molecule has 1 amide bonds.